The summed E-state index contributed by atoms with van der Waals surface area (Å²) in [5, 5.41) is 2.56. The maximum Gasteiger partial charge on any atom is 0.416 e. The van der Waals surface area contributed by atoms with Crippen LogP contribution in [0.4, 0.5) is 18.9 Å². The van der Waals surface area contributed by atoms with E-state index in [0.717, 1.165) is 37.5 Å². The molecule has 4 fully saturated rings. The molecule has 1 N–H and O–H groups in total. The number of alkyl halides is 3. The first-order valence-corrected chi connectivity index (χ1v) is 11.6. The Morgan fingerprint density at radius 2 is 1.56 bits per heavy atom. The second-order valence-electron chi connectivity index (χ2n) is 9.62. The quantitative estimate of drug-likeness (QED) is 0.642. The Balaban J connectivity index is 1.22. The Bertz CT molecular complexity index is 946. The molecule has 4 atom stereocenters. The summed E-state index contributed by atoms with van der Waals surface area (Å²) >= 11 is 5.98. The molecule has 32 heavy (non-hydrogen) atoms. The fourth-order valence-electron chi connectivity index (χ4n) is 6.42. The molecule has 3 saturated carbocycles. The number of hydrogen-bond acceptors (Lipinski definition) is 3. The first-order chi connectivity index (χ1) is 15.1. The first kappa shape index (κ1) is 21.7. The highest BCUT2D eigenvalue weighted by molar-refractivity contribution is 6.33. The van der Waals surface area contributed by atoms with E-state index in [1.165, 1.54) is 4.90 Å². The predicted molar refractivity (Wildman–Crippen MR) is 110 cm³/mol. The van der Waals surface area contributed by atoms with Crippen molar-refractivity contribution in [1.82, 2.24) is 4.90 Å². The summed E-state index contributed by atoms with van der Waals surface area (Å²) in [4.78, 5) is 40.2. The molecule has 0 unspecified atom stereocenters. The Morgan fingerprint density at radius 3 is 2.12 bits per heavy atom. The largest absolute Gasteiger partial charge is 0.416 e. The van der Waals surface area contributed by atoms with Crippen LogP contribution in [-0.2, 0) is 20.6 Å². The van der Waals surface area contributed by atoms with Gasteiger partial charge in [0.1, 0.15) is 0 Å². The first-order valence-electron chi connectivity index (χ1n) is 11.2. The highest BCUT2D eigenvalue weighted by Gasteiger charge is 2.61. The van der Waals surface area contributed by atoms with E-state index in [9.17, 15) is 27.6 Å². The zero-order valence-corrected chi connectivity index (χ0v) is 18.1. The normalized spacial score (nSPS) is 34.2. The molecular weight excluding hydrogens is 445 g/mol. The van der Waals surface area contributed by atoms with Gasteiger partial charge < -0.3 is 5.32 Å². The molecule has 0 radical (unpaired) electrons. The van der Waals surface area contributed by atoms with Crippen molar-refractivity contribution in [1.29, 1.82) is 0 Å². The van der Waals surface area contributed by atoms with Crippen LogP contribution in [0.25, 0.3) is 0 Å². The van der Waals surface area contributed by atoms with Gasteiger partial charge in [0.2, 0.25) is 17.7 Å². The zero-order valence-electron chi connectivity index (χ0n) is 17.3. The van der Waals surface area contributed by atoms with E-state index >= 15 is 0 Å². The Hall–Kier alpha value is -2.09. The number of carbonyl (C=O) groups is 3. The molecule has 4 aliphatic rings. The van der Waals surface area contributed by atoms with Crippen LogP contribution >= 0.6 is 11.6 Å². The van der Waals surface area contributed by atoms with E-state index in [1.54, 1.807) is 0 Å². The molecule has 9 heteroatoms. The van der Waals surface area contributed by atoms with Crippen molar-refractivity contribution in [3.63, 3.8) is 0 Å². The molecule has 172 valence electrons. The molecule has 1 aromatic rings. The third-order valence-electron chi connectivity index (χ3n) is 7.95. The van der Waals surface area contributed by atoms with Crippen LogP contribution in [0.3, 0.4) is 0 Å². The van der Waals surface area contributed by atoms with Crippen LogP contribution in [0.15, 0.2) is 18.2 Å². The minimum atomic E-state index is -4.53. The van der Waals surface area contributed by atoms with Gasteiger partial charge in [-0.05, 0) is 75.0 Å². The van der Waals surface area contributed by atoms with Gasteiger partial charge in [0.05, 0.1) is 28.1 Å². The molecular formula is C23H24ClF3N2O3. The molecule has 1 saturated heterocycles. The van der Waals surface area contributed by atoms with E-state index in [2.05, 4.69) is 5.32 Å². The van der Waals surface area contributed by atoms with Crippen LogP contribution in [0.2, 0.25) is 5.02 Å². The Morgan fingerprint density at radius 1 is 0.969 bits per heavy atom. The number of imide groups is 1. The molecule has 0 aromatic heterocycles. The standard InChI is InChI=1S/C23H24ClF3N2O3/c24-16-8-5-14(23(25,26)27)10-17(16)28-20(30)11-3-6-15(7-4-11)29-21(31)18-12-1-2-13(9-12)19(18)22(29)32/h5,8,10-13,15,18-19H,1-4,6-7,9H2,(H,28,30)/t11?,12-,13-,15?,18-,19-/m0/s1. The number of anilines is 1. The van der Waals surface area contributed by atoms with E-state index in [1.807, 2.05) is 0 Å². The molecule has 5 nitrogen and oxygen atoms in total. The summed E-state index contributed by atoms with van der Waals surface area (Å²) in [6.07, 6.45) is 0.508. The summed E-state index contributed by atoms with van der Waals surface area (Å²) in [5.41, 5.74) is -0.951. The highest BCUT2D eigenvalue weighted by Crippen LogP contribution is 2.56. The van der Waals surface area contributed by atoms with Crippen molar-refractivity contribution in [2.24, 2.45) is 29.6 Å². The number of amides is 3. The fraction of sp³-hybridized carbons (Fsp3) is 0.609. The smallest absolute Gasteiger partial charge is 0.325 e. The number of carbonyl (C=O) groups excluding carboxylic acids is 3. The van der Waals surface area contributed by atoms with Gasteiger partial charge in [-0.3, -0.25) is 19.3 Å². The molecule has 3 aliphatic carbocycles. The van der Waals surface area contributed by atoms with E-state index in [-0.39, 0.29) is 40.4 Å². The van der Waals surface area contributed by atoms with Crippen LogP contribution in [-0.4, -0.2) is 28.7 Å². The summed E-state index contributed by atoms with van der Waals surface area (Å²) < 4.78 is 38.9. The maximum atomic E-state index is 13.0. The molecule has 2 bridgehead atoms. The maximum absolute atomic E-state index is 13.0. The second kappa shape index (κ2) is 7.75. The Labute approximate surface area is 188 Å². The lowest BCUT2D eigenvalue weighted by molar-refractivity contribution is -0.144. The molecule has 3 amide bonds. The van der Waals surface area contributed by atoms with Crippen molar-refractivity contribution in [2.75, 3.05) is 5.32 Å². The van der Waals surface area contributed by atoms with Gasteiger partial charge in [-0.15, -0.1) is 0 Å². The number of likely N-dealkylation sites (tertiary alicyclic amines) is 1. The van der Waals surface area contributed by atoms with Crippen LogP contribution in [0.5, 0.6) is 0 Å². The number of hydrogen-bond donors (Lipinski definition) is 1. The van der Waals surface area contributed by atoms with Crippen molar-refractivity contribution >= 4 is 35.0 Å². The van der Waals surface area contributed by atoms with Crippen molar-refractivity contribution in [3.05, 3.63) is 28.8 Å². The van der Waals surface area contributed by atoms with Crippen molar-refractivity contribution < 1.29 is 27.6 Å². The second-order valence-corrected chi connectivity index (χ2v) is 10.0. The van der Waals surface area contributed by atoms with Gasteiger partial charge in [-0.2, -0.15) is 13.2 Å². The lowest BCUT2D eigenvalue weighted by Crippen LogP contribution is -2.44. The van der Waals surface area contributed by atoms with Gasteiger partial charge >= 0.3 is 6.18 Å². The third kappa shape index (κ3) is 3.51. The molecule has 1 aromatic carbocycles. The Kier molecular flexibility index (Phi) is 5.26. The number of nitrogens with zero attached hydrogens (tertiary/aromatic N) is 1. The SMILES string of the molecule is O=C(Nc1cc(C(F)(F)F)ccc1Cl)C1CCC(N2C(=O)[C@H]3[C@H]4CC[C@@H](C4)[C@@H]3C2=O)CC1. The number of halogens is 4. The topological polar surface area (TPSA) is 66.5 Å². The highest BCUT2D eigenvalue weighted by atomic mass is 35.5. The number of fused-ring (bicyclic) bond motifs is 5. The average molecular weight is 469 g/mol. The molecule has 1 heterocycles. The van der Waals surface area contributed by atoms with Crippen LogP contribution < -0.4 is 5.32 Å². The monoisotopic (exact) mass is 468 g/mol. The summed E-state index contributed by atoms with van der Waals surface area (Å²) in [6, 6.07) is 2.63. The fourth-order valence-corrected chi connectivity index (χ4v) is 6.58. The lowest BCUT2D eigenvalue weighted by Gasteiger charge is -2.33. The zero-order chi connectivity index (χ0) is 22.8. The van der Waals surface area contributed by atoms with Crippen LogP contribution in [0, 0.1) is 29.6 Å². The average Bonchev–Trinajstić information content (AvgIpc) is 3.43. The van der Waals surface area contributed by atoms with Crippen LogP contribution in [0.1, 0.15) is 50.5 Å². The van der Waals surface area contributed by atoms with Gasteiger partial charge in [0.25, 0.3) is 0 Å². The van der Waals surface area contributed by atoms with E-state index in [0.29, 0.717) is 37.5 Å². The van der Waals surface area contributed by atoms with Crippen molar-refractivity contribution in [3.8, 4) is 0 Å². The molecule has 0 spiro atoms. The predicted octanol–water partition coefficient (Wildman–Crippen LogP) is 4.89. The molecule has 1 aliphatic heterocycles. The summed E-state index contributed by atoms with van der Waals surface area (Å²) in [6.45, 7) is 0. The number of benzene rings is 1. The minimum absolute atomic E-state index is 0.0316. The third-order valence-corrected chi connectivity index (χ3v) is 8.28. The number of rotatable bonds is 3. The van der Waals surface area contributed by atoms with Gasteiger partial charge in [-0.25, -0.2) is 0 Å². The van der Waals surface area contributed by atoms with E-state index in [4.69, 9.17) is 11.6 Å². The summed E-state index contributed by atoms with van der Waals surface area (Å²) in [5.74, 6) is -0.474. The lowest BCUT2D eigenvalue weighted by atomic mass is 9.81. The van der Waals surface area contributed by atoms with E-state index < -0.39 is 23.6 Å². The van der Waals surface area contributed by atoms with Crippen molar-refractivity contribution in [2.45, 2.75) is 57.2 Å². The minimum Gasteiger partial charge on any atom is -0.325 e. The van der Waals surface area contributed by atoms with Gasteiger partial charge in [-0.1, -0.05) is 11.6 Å². The van der Waals surface area contributed by atoms with Gasteiger partial charge in [0, 0.05) is 12.0 Å². The summed E-state index contributed by atoms with van der Waals surface area (Å²) in [7, 11) is 0. The van der Waals surface area contributed by atoms with Gasteiger partial charge in [0.15, 0.2) is 0 Å². The molecule has 5 rings (SSSR count). The number of nitrogens with one attached hydrogen (secondary N) is 1.